The molecule has 1 saturated carbocycles. The average Bonchev–Trinajstić information content (AvgIpc) is 3.11. The summed E-state index contributed by atoms with van der Waals surface area (Å²) in [5.74, 6) is 0.830. The molecule has 2 N–H and O–H groups in total. The smallest absolute Gasteiger partial charge is 0.257 e. The minimum atomic E-state index is -3.41. The van der Waals surface area contributed by atoms with E-state index in [9.17, 15) is 8.42 Å². The van der Waals surface area contributed by atoms with Crippen LogP contribution in [0.25, 0.3) is 11.5 Å². The second-order valence-corrected chi connectivity index (χ2v) is 8.69. The first-order valence-corrected chi connectivity index (χ1v) is 10.1. The van der Waals surface area contributed by atoms with Gasteiger partial charge in [-0.15, -0.1) is 0 Å². The van der Waals surface area contributed by atoms with E-state index in [4.69, 9.17) is 10.3 Å². The van der Waals surface area contributed by atoms with Crippen LogP contribution >= 0.6 is 0 Å². The Kier molecular flexibility index (Phi) is 4.13. The Bertz CT molecular complexity index is 1010. The number of nitrogens with zero attached hydrogens (tertiary/aromatic N) is 2. The molecule has 0 spiro atoms. The number of hydrogen-bond acceptors (Lipinski definition) is 6. The molecular weight excluding hydrogens is 350 g/mol. The fraction of sp³-hybridized carbons (Fsp3) is 0.263. The minimum absolute atomic E-state index is 0.0341. The third-order valence-corrected chi connectivity index (χ3v) is 6.48. The van der Waals surface area contributed by atoms with E-state index in [1.54, 1.807) is 36.4 Å². The summed E-state index contributed by atoms with van der Waals surface area (Å²) in [7, 11) is -3.41. The highest BCUT2D eigenvalue weighted by Gasteiger charge is 2.39. The van der Waals surface area contributed by atoms with E-state index in [0.29, 0.717) is 17.3 Å². The number of rotatable bonds is 5. The molecule has 26 heavy (non-hydrogen) atoms. The Labute approximate surface area is 152 Å². The summed E-state index contributed by atoms with van der Waals surface area (Å²) in [6, 6.07) is 15.6. The maximum atomic E-state index is 12.6. The number of benzene rings is 2. The minimum Gasteiger partial charge on any atom is -0.334 e. The number of aromatic nitrogens is 2. The zero-order valence-corrected chi connectivity index (χ0v) is 14.9. The summed E-state index contributed by atoms with van der Waals surface area (Å²) >= 11 is 0. The third kappa shape index (κ3) is 3.15. The lowest BCUT2D eigenvalue weighted by atomic mass is 9.77. The lowest BCUT2D eigenvalue weighted by Crippen LogP contribution is -2.44. The highest BCUT2D eigenvalue weighted by Crippen LogP contribution is 2.37. The van der Waals surface area contributed by atoms with Crippen LogP contribution in [0.5, 0.6) is 0 Å². The molecule has 0 saturated heterocycles. The van der Waals surface area contributed by atoms with Crippen molar-refractivity contribution in [3.05, 3.63) is 66.0 Å². The molecule has 1 aliphatic rings. The van der Waals surface area contributed by atoms with Gasteiger partial charge in [-0.2, -0.15) is 4.98 Å². The van der Waals surface area contributed by atoms with Crippen LogP contribution in [0.3, 0.4) is 0 Å². The second-order valence-electron chi connectivity index (χ2n) is 6.70. The first-order valence-electron chi connectivity index (χ1n) is 8.47. The predicted molar refractivity (Wildman–Crippen MR) is 96.8 cm³/mol. The molecule has 0 radical (unpaired) electrons. The van der Waals surface area contributed by atoms with Gasteiger partial charge in [-0.3, -0.25) is 0 Å². The topological polar surface area (TPSA) is 99.1 Å². The third-order valence-electron chi connectivity index (χ3n) is 4.78. The molecule has 134 valence electrons. The monoisotopic (exact) mass is 369 g/mol. The van der Waals surface area contributed by atoms with Gasteiger partial charge < -0.3 is 10.3 Å². The zero-order valence-electron chi connectivity index (χ0n) is 14.1. The van der Waals surface area contributed by atoms with E-state index in [2.05, 4.69) is 10.1 Å². The molecule has 4 rings (SSSR count). The molecule has 1 fully saturated rings. The van der Waals surface area contributed by atoms with E-state index in [-0.39, 0.29) is 10.6 Å². The molecule has 2 aromatic carbocycles. The molecule has 0 bridgehead atoms. The maximum Gasteiger partial charge on any atom is 0.257 e. The van der Waals surface area contributed by atoms with Gasteiger partial charge in [0.15, 0.2) is 15.7 Å². The van der Waals surface area contributed by atoms with Crippen LogP contribution in [0.15, 0.2) is 64.0 Å². The van der Waals surface area contributed by atoms with E-state index in [1.807, 2.05) is 18.2 Å². The summed E-state index contributed by atoms with van der Waals surface area (Å²) in [5.41, 5.74) is 7.15. The van der Waals surface area contributed by atoms with Crippen molar-refractivity contribution >= 4 is 9.84 Å². The molecule has 7 heteroatoms. The number of sulfone groups is 1. The summed E-state index contributed by atoms with van der Waals surface area (Å²) in [4.78, 5) is 4.64. The van der Waals surface area contributed by atoms with Crippen molar-refractivity contribution < 1.29 is 12.9 Å². The van der Waals surface area contributed by atoms with Crippen LogP contribution in [-0.4, -0.2) is 18.6 Å². The summed E-state index contributed by atoms with van der Waals surface area (Å²) in [6.45, 7) is 0. The predicted octanol–water partition coefficient (Wildman–Crippen LogP) is 3.05. The van der Waals surface area contributed by atoms with Gasteiger partial charge in [-0.05, 0) is 49.1 Å². The Morgan fingerprint density at radius 1 is 1.04 bits per heavy atom. The standard InChI is InChI=1S/C19H19N3O3S/c20-19(11-4-12-19)18-21-17(25-22-18)15-7-9-16(10-8-15)26(23,24)13-14-5-2-1-3-6-14/h1-3,5-10H,4,11-13,20H2. The molecule has 0 aliphatic heterocycles. The van der Waals surface area contributed by atoms with Crippen LogP contribution in [0.1, 0.15) is 30.7 Å². The quantitative estimate of drug-likeness (QED) is 0.742. The molecule has 0 amide bonds. The fourth-order valence-electron chi connectivity index (χ4n) is 3.01. The number of hydrogen-bond donors (Lipinski definition) is 1. The normalized spacial score (nSPS) is 16.2. The Hall–Kier alpha value is -2.51. The Morgan fingerprint density at radius 2 is 1.73 bits per heavy atom. The summed E-state index contributed by atoms with van der Waals surface area (Å²) in [5, 5.41) is 3.98. The largest absolute Gasteiger partial charge is 0.334 e. The highest BCUT2D eigenvalue weighted by molar-refractivity contribution is 7.90. The van der Waals surface area contributed by atoms with Gasteiger partial charge in [0.25, 0.3) is 5.89 Å². The molecule has 6 nitrogen and oxygen atoms in total. The van der Waals surface area contributed by atoms with Gasteiger partial charge in [0.1, 0.15) is 0 Å². The first kappa shape index (κ1) is 16.9. The molecule has 1 aliphatic carbocycles. The van der Waals surface area contributed by atoms with Crippen molar-refractivity contribution in [1.82, 2.24) is 10.1 Å². The second kappa shape index (κ2) is 6.34. The van der Waals surface area contributed by atoms with E-state index < -0.39 is 15.4 Å². The van der Waals surface area contributed by atoms with Crippen molar-refractivity contribution in [3.8, 4) is 11.5 Å². The number of nitrogens with two attached hydrogens (primary N) is 1. The van der Waals surface area contributed by atoms with Crippen molar-refractivity contribution in [2.75, 3.05) is 0 Å². The van der Waals surface area contributed by atoms with Gasteiger partial charge in [0.05, 0.1) is 16.2 Å². The Balaban J connectivity index is 1.55. The molecule has 1 aromatic heterocycles. The van der Waals surface area contributed by atoms with Crippen LogP contribution in [-0.2, 0) is 21.1 Å². The van der Waals surface area contributed by atoms with Gasteiger partial charge in [-0.25, -0.2) is 8.42 Å². The van der Waals surface area contributed by atoms with Crippen molar-refractivity contribution in [1.29, 1.82) is 0 Å². The first-order chi connectivity index (χ1) is 12.5. The van der Waals surface area contributed by atoms with Gasteiger partial charge in [-0.1, -0.05) is 35.5 Å². The maximum absolute atomic E-state index is 12.6. The van der Waals surface area contributed by atoms with Crippen LogP contribution < -0.4 is 5.73 Å². The lowest BCUT2D eigenvalue weighted by molar-refractivity contribution is 0.229. The highest BCUT2D eigenvalue weighted by atomic mass is 32.2. The lowest BCUT2D eigenvalue weighted by Gasteiger charge is -2.34. The van der Waals surface area contributed by atoms with E-state index >= 15 is 0 Å². The zero-order chi connectivity index (χ0) is 18.2. The molecule has 0 atom stereocenters. The van der Waals surface area contributed by atoms with Crippen molar-refractivity contribution in [3.63, 3.8) is 0 Å². The van der Waals surface area contributed by atoms with Gasteiger partial charge >= 0.3 is 0 Å². The van der Waals surface area contributed by atoms with Crippen LogP contribution in [0, 0.1) is 0 Å². The molecular formula is C19H19N3O3S. The summed E-state index contributed by atoms with van der Waals surface area (Å²) in [6.07, 6.45) is 2.76. The van der Waals surface area contributed by atoms with Crippen LogP contribution in [0.4, 0.5) is 0 Å². The molecule has 0 unspecified atom stereocenters. The molecule has 3 aromatic rings. The van der Waals surface area contributed by atoms with Crippen molar-refractivity contribution in [2.24, 2.45) is 5.73 Å². The van der Waals surface area contributed by atoms with Gasteiger partial charge in [0.2, 0.25) is 0 Å². The average molecular weight is 369 g/mol. The van der Waals surface area contributed by atoms with E-state index in [0.717, 1.165) is 24.8 Å². The fourth-order valence-corrected chi connectivity index (χ4v) is 4.35. The molecule has 1 heterocycles. The SMILES string of the molecule is NC1(c2noc(-c3ccc(S(=O)(=O)Cc4ccccc4)cc3)n2)CCC1. The van der Waals surface area contributed by atoms with Crippen molar-refractivity contribution in [2.45, 2.75) is 35.4 Å². The van der Waals surface area contributed by atoms with Crippen LogP contribution in [0.2, 0.25) is 0 Å². The van der Waals surface area contributed by atoms with E-state index in [1.165, 1.54) is 0 Å². The summed E-state index contributed by atoms with van der Waals surface area (Å²) < 4.78 is 30.4. The Morgan fingerprint density at radius 3 is 2.35 bits per heavy atom. The van der Waals surface area contributed by atoms with Gasteiger partial charge in [0, 0.05) is 5.56 Å².